The molecule has 0 radical (unpaired) electrons. The Morgan fingerprint density at radius 2 is 0.673 bits per heavy atom. The molecule has 22 heteroatoms. The monoisotopic (exact) mass is 1460 g/mol. The van der Waals surface area contributed by atoms with E-state index in [1.807, 2.05) is 182 Å². The predicted molar refractivity (Wildman–Crippen MR) is 388 cm³/mol. The molecule has 3 saturated heterocycles. The molecule has 3 aliphatic heterocycles. The molecule has 12 rings (SSSR count). The molecule has 3 aliphatic rings. The van der Waals surface area contributed by atoms with Crippen molar-refractivity contribution in [1.29, 1.82) is 0 Å². The van der Waals surface area contributed by atoms with Gasteiger partial charge in [-0.1, -0.05) is 237 Å². The molecule has 22 nitrogen and oxygen atoms in total. The molecular weight excluding hydrogens is 1370 g/mol. The largest absolute Gasteiger partial charge is 0.450 e. The van der Waals surface area contributed by atoms with E-state index in [9.17, 15) is 29.4 Å². The summed E-state index contributed by atoms with van der Waals surface area (Å²) in [7, 11) is 0. The Hall–Kier alpha value is -9.86. The van der Waals surface area contributed by atoms with Crippen molar-refractivity contribution in [2.24, 2.45) is 0 Å². The van der Waals surface area contributed by atoms with Crippen LogP contribution in [0.3, 0.4) is 0 Å². The Morgan fingerprint density at radius 1 is 0.336 bits per heavy atom. The fourth-order valence-corrected chi connectivity index (χ4v) is 12.6. The van der Waals surface area contributed by atoms with Crippen LogP contribution in [0.1, 0.15) is 70.9 Å². The zero-order valence-corrected chi connectivity index (χ0v) is 58.8. The van der Waals surface area contributed by atoms with Crippen LogP contribution >= 0.6 is 0 Å². The Bertz CT molecular complexity index is 4090. The molecule has 0 aliphatic carbocycles. The van der Waals surface area contributed by atoms with Crippen LogP contribution in [0.5, 0.6) is 0 Å². The zero-order chi connectivity index (χ0) is 73.8. The summed E-state index contributed by atoms with van der Waals surface area (Å²) in [4.78, 5) is 57.3. The number of carbonyl (C=O) groups is 4. The molecule has 107 heavy (non-hydrogen) atoms. The smallest absolute Gasteiger partial charge is 0.407 e. The number of ether oxygens (including phenoxy) is 15. The van der Waals surface area contributed by atoms with Crippen molar-refractivity contribution in [2.45, 2.75) is 138 Å². The number of alkyl carbamates (subject to hydrolysis) is 1. The van der Waals surface area contributed by atoms with Gasteiger partial charge in [-0.3, -0.25) is 0 Å². The number of aliphatic hydroxyl groups excluding tert-OH is 2. The lowest BCUT2D eigenvalue weighted by Crippen LogP contribution is -2.67. The van der Waals surface area contributed by atoms with Gasteiger partial charge in [0, 0.05) is 6.54 Å². The van der Waals surface area contributed by atoms with Crippen molar-refractivity contribution < 1.29 is 100 Å². The molecule has 15 atom stereocenters. The second-order valence-electron chi connectivity index (χ2n) is 25.7. The third-order valence-corrected chi connectivity index (χ3v) is 18.1. The van der Waals surface area contributed by atoms with E-state index in [-0.39, 0.29) is 82.5 Å². The summed E-state index contributed by atoms with van der Waals surface area (Å²) in [5, 5.41) is 27.5. The Labute approximate surface area is 621 Å². The number of rotatable bonds is 35. The van der Waals surface area contributed by atoms with Crippen LogP contribution in [-0.4, -0.2) is 159 Å². The van der Waals surface area contributed by atoms with E-state index in [2.05, 4.69) is 5.32 Å². The molecule has 558 valence electrons. The average Bonchev–Trinajstić information content (AvgIpc) is 0.769. The molecule has 3 N–H and O–H groups in total. The Morgan fingerprint density at radius 3 is 1.09 bits per heavy atom. The van der Waals surface area contributed by atoms with Gasteiger partial charge < -0.3 is 86.6 Å². The van der Waals surface area contributed by atoms with Crippen molar-refractivity contribution in [1.82, 2.24) is 5.32 Å². The quantitative estimate of drug-likeness (QED) is 0.0189. The first-order valence-electron chi connectivity index (χ1n) is 35.7. The average molecular weight is 1460 g/mol. The lowest BCUT2D eigenvalue weighted by molar-refractivity contribution is -0.370. The molecule has 9 aromatic carbocycles. The lowest BCUT2D eigenvalue weighted by Gasteiger charge is -2.49. The van der Waals surface area contributed by atoms with Gasteiger partial charge in [-0.15, -0.1) is 0 Å². The van der Waals surface area contributed by atoms with E-state index in [1.54, 1.807) is 91.0 Å². The SMILES string of the molecule is O=C(NCCCO[C@@H]1O[C@H](CO[C@@H]2O[C@H](CO)[C@@H](OCc3ccccc3)[C@H](OCc3ccccc3)[C@H]2OC(=O)c2ccccc2)[C@@H](O)[C@H](O[C@@H]2O[C@H](COCc3ccccc3)[C@@H](OCc3ccccc3)[C@H](OCc3ccccc3)[C@H]2OC(=O)c2ccccc2)[C@H]1OC(=O)c1ccccc1)OCc1ccccc1. The van der Waals surface area contributed by atoms with Gasteiger partial charge in [0.05, 0.1) is 76.2 Å². The van der Waals surface area contributed by atoms with E-state index < -0.39 is 129 Å². The van der Waals surface area contributed by atoms with Gasteiger partial charge >= 0.3 is 24.0 Å². The molecule has 0 bridgehead atoms. The highest BCUT2D eigenvalue weighted by Gasteiger charge is 2.57. The van der Waals surface area contributed by atoms with Gasteiger partial charge in [-0.25, -0.2) is 19.2 Å². The topological polar surface area (TPSA) is 259 Å². The Kier molecular flexibility index (Phi) is 28.8. The second kappa shape index (κ2) is 40.2. The van der Waals surface area contributed by atoms with Crippen molar-refractivity contribution in [3.05, 3.63) is 323 Å². The van der Waals surface area contributed by atoms with Gasteiger partial charge in [0.1, 0.15) is 61.5 Å². The number of hydrogen-bond donors (Lipinski definition) is 3. The first-order valence-corrected chi connectivity index (χ1v) is 35.7. The lowest BCUT2D eigenvalue weighted by atomic mass is 9.95. The van der Waals surface area contributed by atoms with Crippen molar-refractivity contribution >= 4 is 24.0 Å². The summed E-state index contributed by atoms with van der Waals surface area (Å²) in [6.07, 6.45) is -22.5. The molecule has 0 unspecified atom stereocenters. The summed E-state index contributed by atoms with van der Waals surface area (Å²) >= 11 is 0. The van der Waals surface area contributed by atoms with Crippen LogP contribution in [0.25, 0.3) is 0 Å². The molecule has 3 heterocycles. The number of hydrogen-bond acceptors (Lipinski definition) is 21. The summed E-state index contributed by atoms with van der Waals surface area (Å²) in [5.74, 6) is -2.46. The maximum Gasteiger partial charge on any atom is 0.407 e. The number of esters is 3. The van der Waals surface area contributed by atoms with Gasteiger partial charge in [0.15, 0.2) is 37.2 Å². The van der Waals surface area contributed by atoms with Crippen LogP contribution in [0.4, 0.5) is 4.79 Å². The fourth-order valence-electron chi connectivity index (χ4n) is 12.6. The minimum Gasteiger partial charge on any atom is -0.450 e. The van der Waals surface area contributed by atoms with Crippen molar-refractivity contribution in [3.8, 4) is 0 Å². The van der Waals surface area contributed by atoms with Gasteiger partial charge in [0.2, 0.25) is 0 Å². The predicted octanol–water partition coefficient (Wildman–Crippen LogP) is 11.5. The van der Waals surface area contributed by atoms with E-state index >= 15 is 0 Å². The van der Waals surface area contributed by atoms with E-state index in [1.165, 1.54) is 0 Å². The molecule has 1 amide bonds. The highest BCUT2D eigenvalue weighted by Crippen LogP contribution is 2.38. The number of carbonyl (C=O) groups excluding carboxylic acids is 4. The zero-order valence-electron chi connectivity index (χ0n) is 58.8. The van der Waals surface area contributed by atoms with Gasteiger partial charge in [0.25, 0.3) is 0 Å². The van der Waals surface area contributed by atoms with Gasteiger partial charge in [-0.2, -0.15) is 0 Å². The molecule has 0 spiro atoms. The molecular formula is C85H87NO21. The van der Waals surface area contributed by atoms with Crippen LogP contribution in [0, 0.1) is 0 Å². The van der Waals surface area contributed by atoms with Crippen LogP contribution in [0.2, 0.25) is 0 Å². The maximum atomic E-state index is 14.9. The highest BCUT2D eigenvalue weighted by molar-refractivity contribution is 5.90. The number of benzene rings is 9. The highest BCUT2D eigenvalue weighted by atomic mass is 16.8. The molecule has 3 fully saturated rings. The molecule has 9 aromatic rings. The first-order chi connectivity index (χ1) is 52.6. The molecule has 0 aromatic heterocycles. The summed E-state index contributed by atoms with van der Waals surface area (Å²) in [6, 6.07) is 80.9. The van der Waals surface area contributed by atoms with Gasteiger partial charge in [-0.05, 0) is 76.2 Å². The third kappa shape index (κ3) is 22.1. The normalized spacial score (nSPS) is 24.1. The standard InChI is InChI=1S/C85H87NO21/c87-49-67-71(95-51-59-31-12-2-13-32-59)74(97-53-61-35-16-4-17-36-61)77(105-80(90)65-43-24-8-25-44-65)83(101-67)99-57-68-70(88)73(76(104-79(89)64-41-22-7-23-42-64)82(102-68)94-48-28-47-86-85(92)100-55-63-39-20-6-21-40-63)107-84-78(106-81(91)66-45-26-9-27-46-66)75(98-54-62-37-18-5-19-38-62)72(96-52-60-33-14-3-15-34-60)69(103-84)56-93-50-58-29-10-1-11-30-58/h1-27,29-46,67-78,82-84,87-88H,28,47-57H2,(H,86,92)/t67-,68-,69-,70-,71-,72-,73+,74+,75+,76-,77-,78-,82-,83-,84+/m1/s1. The number of nitrogens with one attached hydrogen (secondary N) is 1. The number of amides is 1. The second-order valence-corrected chi connectivity index (χ2v) is 25.7. The molecule has 0 saturated carbocycles. The van der Waals surface area contributed by atoms with Crippen LogP contribution in [0.15, 0.2) is 273 Å². The minimum atomic E-state index is -1.92. The van der Waals surface area contributed by atoms with Crippen molar-refractivity contribution in [3.63, 3.8) is 0 Å². The minimum absolute atomic E-state index is 0.0140. The van der Waals surface area contributed by atoms with Crippen LogP contribution in [-0.2, 0) is 111 Å². The van der Waals surface area contributed by atoms with E-state index in [0.717, 1.165) is 33.4 Å². The van der Waals surface area contributed by atoms with Crippen LogP contribution < -0.4 is 5.32 Å². The van der Waals surface area contributed by atoms with E-state index in [0.29, 0.717) is 0 Å². The summed E-state index contributed by atoms with van der Waals surface area (Å²) in [6.45, 7) is -1.37. The summed E-state index contributed by atoms with van der Waals surface area (Å²) < 4.78 is 100. The number of aliphatic hydroxyl groups is 2. The maximum absolute atomic E-state index is 14.9. The summed E-state index contributed by atoms with van der Waals surface area (Å²) in [5.41, 5.74) is 5.21. The van der Waals surface area contributed by atoms with Crippen molar-refractivity contribution in [2.75, 3.05) is 33.0 Å². The fraction of sp³-hybridized carbons (Fsp3) is 0.318. The van der Waals surface area contributed by atoms with E-state index in [4.69, 9.17) is 71.1 Å². The third-order valence-electron chi connectivity index (χ3n) is 18.1. The Balaban J connectivity index is 0.923. The first kappa shape index (κ1) is 76.8.